The van der Waals surface area contributed by atoms with Gasteiger partial charge in [0, 0.05) is 6.08 Å². The molecule has 22 heavy (non-hydrogen) atoms. The Morgan fingerprint density at radius 1 is 1.36 bits per heavy atom. The lowest BCUT2D eigenvalue weighted by atomic mass is 10.1. The van der Waals surface area contributed by atoms with Crippen LogP contribution < -0.4 is 0 Å². The molecule has 2 aromatic rings. The molecule has 0 atom stereocenters. The van der Waals surface area contributed by atoms with Crippen molar-refractivity contribution in [2.45, 2.75) is 19.5 Å². The first kappa shape index (κ1) is 15.8. The zero-order chi connectivity index (χ0) is 16.3. The third-order valence-corrected chi connectivity index (χ3v) is 2.86. The van der Waals surface area contributed by atoms with E-state index in [0.29, 0.717) is 11.3 Å². The van der Waals surface area contributed by atoms with E-state index in [4.69, 9.17) is 9.52 Å². The molecule has 1 heterocycles. The molecule has 0 fully saturated rings. The van der Waals surface area contributed by atoms with Crippen LogP contribution in [0.2, 0.25) is 0 Å². The molecular formula is C15H12F3NO3. The summed E-state index contributed by atoms with van der Waals surface area (Å²) in [7, 11) is 0. The SMILES string of the molecule is Cc1oc(C=Cc2cccc(C(F)(F)F)c2)nc1CC(=O)O. The molecular weight excluding hydrogens is 299 g/mol. The first-order valence-corrected chi connectivity index (χ1v) is 6.29. The molecule has 0 saturated heterocycles. The van der Waals surface area contributed by atoms with E-state index >= 15 is 0 Å². The van der Waals surface area contributed by atoms with E-state index < -0.39 is 17.7 Å². The third-order valence-electron chi connectivity index (χ3n) is 2.86. The van der Waals surface area contributed by atoms with Gasteiger partial charge in [-0.05, 0) is 30.7 Å². The predicted octanol–water partition coefficient (Wildman–Crippen LogP) is 3.80. The molecule has 0 aliphatic rings. The van der Waals surface area contributed by atoms with Gasteiger partial charge in [0.25, 0.3) is 0 Å². The summed E-state index contributed by atoms with van der Waals surface area (Å²) in [6.45, 7) is 1.58. The van der Waals surface area contributed by atoms with Gasteiger partial charge in [0.2, 0.25) is 5.89 Å². The van der Waals surface area contributed by atoms with Gasteiger partial charge in [-0.15, -0.1) is 0 Å². The largest absolute Gasteiger partial charge is 0.481 e. The van der Waals surface area contributed by atoms with E-state index in [1.807, 2.05) is 0 Å². The molecule has 4 nitrogen and oxygen atoms in total. The van der Waals surface area contributed by atoms with Gasteiger partial charge in [-0.3, -0.25) is 4.79 Å². The van der Waals surface area contributed by atoms with E-state index in [1.165, 1.54) is 24.3 Å². The molecule has 0 unspecified atom stereocenters. The topological polar surface area (TPSA) is 63.3 Å². The van der Waals surface area contributed by atoms with Crippen LogP contribution in [0.3, 0.4) is 0 Å². The predicted molar refractivity (Wildman–Crippen MR) is 73.0 cm³/mol. The smallest absolute Gasteiger partial charge is 0.416 e. The van der Waals surface area contributed by atoms with Gasteiger partial charge in [0.15, 0.2) is 0 Å². The number of benzene rings is 1. The number of alkyl halides is 3. The minimum Gasteiger partial charge on any atom is -0.481 e. The summed E-state index contributed by atoms with van der Waals surface area (Å²) < 4.78 is 43.0. The standard InChI is InChI=1S/C15H12F3NO3/c1-9-12(8-14(20)21)19-13(22-9)6-5-10-3-2-4-11(7-10)15(16,17)18/h2-7H,8H2,1H3,(H,20,21). The Balaban J connectivity index is 2.20. The molecule has 0 saturated carbocycles. The number of aliphatic carboxylic acids is 1. The van der Waals surface area contributed by atoms with Gasteiger partial charge in [-0.25, -0.2) is 4.98 Å². The second-order valence-electron chi connectivity index (χ2n) is 4.58. The molecule has 0 bridgehead atoms. The monoisotopic (exact) mass is 311 g/mol. The molecule has 0 amide bonds. The number of hydrogen-bond donors (Lipinski definition) is 1. The van der Waals surface area contributed by atoms with Gasteiger partial charge in [0.1, 0.15) is 5.76 Å². The average Bonchev–Trinajstić information content (AvgIpc) is 2.76. The van der Waals surface area contributed by atoms with Gasteiger partial charge in [-0.2, -0.15) is 13.2 Å². The second kappa shape index (κ2) is 6.05. The van der Waals surface area contributed by atoms with Crippen LogP contribution in [0.5, 0.6) is 0 Å². The van der Waals surface area contributed by atoms with Crippen LogP contribution in [0.25, 0.3) is 12.2 Å². The molecule has 0 spiro atoms. The van der Waals surface area contributed by atoms with Crippen molar-refractivity contribution in [1.29, 1.82) is 0 Å². The third kappa shape index (κ3) is 3.97. The minimum atomic E-state index is -4.40. The quantitative estimate of drug-likeness (QED) is 0.933. The van der Waals surface area contributed by atoms with Crippen molar-refractivity contribution < 1.29 is 27.5 Å². The average molecular weight is 311 g/mol. The van der Waals surface area contributed by atoms with Gasteiger partial charge in [-0.1, -0.05) is 12.1 Å². The van der Waals surface area contributed by atoms with Crippen LogP contribution in [-0.2, 0) is 17.4 Å². The van der Waals surface area contributed by atoms with Crippen LogP contribution in [0, 0.1) is 6.92 Å². The van der Waals surface area contributed by atoms with E-state index in [-0.39, 0.29) is 18.0 Å². The number of carboxylic acid groups (broad SMARTS) is 1. The van der Waals surface area contributed by atoms with E-state index in [2.05, 4.69) is 4.98 Å². The molecule has 116 valence electrons. The minimum absolute atomic E-state index is 0.145. The number of aryl methyl sites for hydroxylation is 1. The lowest BCUT2D eigenvalue weighted by molar-refractivity contribution is -0.138. The molecule has 1 aromatic carbocycles. The fourth-order valence-electron chi connectivity index (χ4n) is 1.82. The summed E-state index contributed by atoms with van der Waals surface area (Å²) in [5, 5.41) is 8.71. The van der Waals surface area contributed by atoms with E-state index in [0.717, 1.165) is 12.1 Å². The van der Waals surface area contributed by atoms with Crippen molar-refractivity contribution in [2.75, 3.05) is 0 Å². The highest BCUT2D eigenvalue weighted by atomic mass is 19.4. The Bertz CT molecular complexity index is 717. The van der Waals surface area contributed by atoms with Gasteiger partial charge >= 0.3 is 12.1 Å². The lowest BCUT2D eigenvalue weighted by Crippen LogP contribution is -2.04. The number of carboxylic acids is 1. The van der Waals surface area contributed by atoms with E-state index in [9.17, 15) is 18.0 Å². The highest BCUT2D eigenvalue weighted by Crippen LogP contribution is 2.29. The summed E-state index contributed by atoms with van der Waals surface area (Å²) in [5.74, 6) is -0.526. The molecule has 2 rings (SSSR count). The summed E-state index contributed by atoms with van der Waals surface area (Å²) in [6, 6.07) is 4.81. The number of hydrogen-bond acceptors (Lipinski definition) is 3. The summed E-state index contributed by atoms with van der Waals surface area (Å²) in [6.07, 6.45) is -1.86. The van der Waals surface area contributed by atoms with Crippen LogP contribution in [-0.4, -0.2) is 16.1 Å². The Morgan fingerprint density at radius 3 is 2.73 bits per heavy atom. The van der Waals surface area contributed by atoms with Crippen molar-refractivity contribution in [3.8, 4) is 0 Å². The fourth-order valence-corrected chi connectivity index (χ4v) is 1.82. The maximum absolute atomic E-state index is 12.6. The number of rotatable bonds is 4. The summed E-state index contributed by atoms with van der Waals surface area (Å²) >= 11 is 0. The van der Waals surface area contributed by atoms with Crippen molar-refractivity contribution in [1.82, 2.24) is 4.98 Å². The summed E-state index contributed by atoms with van der Waals surface area (Å²) in [5.41, 5.74) is -0.119. The van der Waals surface area contributed by atoms with Crippen LogP contribution in [0.4, 0.5) is 13.2 Å². The number of nitrogens with zero attached hydrogens (tertiary/aromatic N) is 1. The first-order valence-electron chi connectivity index (χ1n) is 6.29. The Labute approximate surface area is 123 Å². The van der Waals surface area contributed by atoms with Crippen molar-refractivity contribution in [2.24, 2.45) is 0 Å². The van der Waals surface area contributed by atoms with Crippen molar-refractivity contribution >= 4 is 18.1 Å². The number of carbonyl (C=O) groups is 1. The Morgan fingerprint density at radius 2 is 2.09 bits per heavy atom. The van der Waals surface area contributed by atoms with Crippen molar-refractivity contribution in [3.63, 3.8) is 0 Å². The van der Waals surface area contributed by atoms with Crippen LogP contribution in [0.15, 0.2) is 28.7 Å². The normalized spacial score (nSPS) is 12.0. The Hall–Kier alpha value is -2.57. The zero-order valence-corrected chi connectivity index (χ0v) is 11.5. The molecule has 1 aromatic heterocycles. The number of aromatic nitrogens is 1. The maximum atomic E-state index is 12.6. The molecule has 0 aliphatic carbocycles. The molecule has 1 N–H and O–H groups in total. The lowest BCUT2D eigenvalue weighted by Gasteiger charge is -2.06. The number of oxazole rings is 1. The van der Waals surface area contributed by atoms with Crippen LogP contribution >= 0.6 is 0 Å². The number of halogens is 3. The van der Waals surface area contributed by atoms with Gasteiger partial charge in [0.05, 0.1) is 17.7 Å². The fraction of sp³-hybridized carbons (Fsp3) is 0.200. The molecule has 7 heteroatoms. The highest BCUT2D eigenvalue weighted by Gasteiger charge is 2.30. The first-order chi connectivity index (χ1) is 10.3. The van der Waals surface area contributed by atoms with Gasteiger partial charge < -0.3 is 9.52 Å². The Kier molecular flexibility index (Phi) is 4.35. The summed E-state index contributed by atoms with van der Waals surface area (Å²) in [4.78, 5) is 14.6. The van der Waals surface area contributed by atoms with Crippen LogP contribution in [0.1, 0.15) is 28.5 Å². The highest BCUT2D eigenvalue weighted by molar-refractivity contribution is 5.70. The molecule has 0 radical (unpaired) electrons. The second-order valence-corrected chi connectivity index (χ2v) is 4.58. The van der Waals surface area contributed by atoms with E-state index in [1.54, 1.807) is 6.92 Å². The van der Waals surface area contributed by atoms with Crippen molar-refractivity contribution in [3.05, 3.63) is 52.7 Å². The molecule has 0 aliphatic heterocycles. The zero-order valence-electron chi connectivity index (χ0n) is 11.5. The maximum Gasteiger partial charge on any atom is 0.416 e.